The van der Waals surface area contributed by atoms with Gasteiger partial charge in [-0.05, 0) is 17.7 Å². The lowest BCUT2D eigenvalue weighted by atomic mass is 10.1. The summed E-state index contributed by atoms with van der Waals surface area (Å²) < 4.78 is 0. The second-order valence-corrected chi connectivity index (χ2v) is 4.30. The fraction of sp³-hybridized carbons (Fsp3) is 0. The minimum atomic E-state index is -0.559. The van der Waals surface area contributed by atoms with E-state index in [1.807, 2.05) is 6.07 Å². The second-order valence-electron chi connectivity index (χ2n) is 3.41. The van der Waals surface area contributed by atoms with E-state index in [9.17, 15) is 9.59 Å². The molecule has 0 aliphatic carbocycles. The fourth-order valence-electron chi connectivity index (χ4n) is 1.65. The third-order valence-corrected chi connectivity index (χ3v) is 3.26. The van der Waals surface area contributed by atoms with E-state index < -0.39 is 11.7 Å². The van der Waals surface area contributed by atoms with E-state index in [4.69, 9.17) is 0 Å². The van der Waals surface area contributed by atoms with Crippen LogP contribution in [0.15, 0.2) is 29.9 Å². The molecule has 1 aliphatic heterocycles. The number of hydrogen-bond donors (Lipinski definition) is 1. The molecule has 78 valence electrons. The molecule has 2 heterocycles. The van der Waals surface area contributed by atoms with Crippen LogP contribution in [-0.2, 0) is 4.79 Å². The number of anilines is 1. The number of nitrogens with zero attached hydrogens (tertiary/aromatic N) is 1. The van der Waals surface area contributed by atoms with Crippen molar-refractivity contribution in [2.75, 3.05) is 5.32 Å². The first-order valence-electron chi connectivity index (χ1n) is 4.64. The average molecular weight is 230 g/mol. The third kappa shape index (κ3) is 1.25. The number of ketones is 1. The summed E-state index contributed by atoms with van der Waals surface area (Å²) in [7, 11) is 0. The Morgan fingerprint density at radius 1 is 1.25 bits per heavy atom. The highest BCUT2D eigenvalue weighted by molar-refractivity contribution is 7.13. The summed E-state index contributed by atoms with van der Waals surface area (Å²) >= 11 is 1.50. The number of benzene rings is 1. The van der Waals surface area contributed by atoms with Gasteiger partial charge in [0.2, 0.25) is 0 Å². The van der Waals surface area contributed by atoms with Gasteiger partial charge in [0.25, 0.3) is 11.7 Å². The van der Waals surface area contributed by atoms with Gasteiger partial charge in [0.05, 0.1) is 21.6 Å². The van der Waals surface area contributed by atoms with Crippen LogP contribution in [0.5, 0.6) is 0 Å². The molecule has 0 radical (unpaired) electrons. The average Bonchev–Trinajstić information content (AvgIpc) is 2.89. The molecule has 1 aromatic carbocycles. The van der Waals surface area contributed by atoms with Gasteiger partial charge >= 0.3 is 0 Å². The SMILES string of the molecule is O=C1Nc2ccc(-c3cncs3)cc2C1=O. The number of hydrogen-bond acceptors (Lipinski definition) is 4. The number of thiazole rings is 1. The van der Waals surface area contributed by atoms with Gasteiger partial charge in [-0.2, -0.15) is 0 Å². The molecule has 0 fully saturated rings. The van der Waals surface area contributed by atoms with Crippen molar-refractivity contribution in [3.05, 3.63) is 35.5 Å². The van der Waals surface area contributed by atoms with E-state index >= 15 is 0 Å². The Hall–Kier alpha value is -2.01. The summed E-state index contributed by atoms with van der Waals surface area (Å²) in [4.78, 5) is 27.6. The van der Waals surface area contributed by atoms with Crippen molar-refractivity contribution in [2.24, 2.45) is 0 Å². The fourth-order valence-corrected chi connectivity index (χ4v) is 2.27. The number of aromatic nitrogens is 1. The molecular formula is C11H6N2O2S. The minimum Gasteiger partial charge on any atom is -0.318 e. The van der Waals surface area contributed by atoms with Crippen molar-refractivity contribution in [3.8, 4) is 10.4 Å². The van der Waals surface area contributed by atoms with Crippen molar-refractivity contribution in [1.82, 2.24) is 4.98 Å². The molecule has 1 N–H and O–H groups in total. The molecule has 0 unspecified atom stereocenters. The third-order valence-electron chi connectivity index (χ3n) is 2.44. The van der Waals surface area contributed by atoms with Crippen molar-refractivity contribution >= 4 is 28.7 Å². The maximum atomic E-state index is 11.5. The molecule has 16 heavy (non-hydrogen) atoms. The smallest absolute Gasteiger partial charge is 0.296 e. The second kappa shape index (κ2) is 3.24. The van der Waals surface area contributed by atoms with Gasteiger partial charge in [0.15, 0.2) is 0 Å². The topological polar surface area (TPSA) is 59.1 Å². The Kier molecular flexibility index (Phi) is 1.87. The number of fused-ring (bicyclic) bond motifs is 1. The normalized spacial score (nSPS) is 13.8. The van der Waals surface area contributed by atoms with Crippen molar-refractivity contribution in [2.45, 2.75) is 0 Å². The Morgan fingerprint density at radius 3 is 2.88 bits per heavy atom. The Bertz CT molecular complexity index is 590. The van der Waals surface area contributed by atoms with Crippen LogP contribution in [0.4, 0.5) is 5.69 Å². The monoisotopic (exact) mass is 230 g/mol. The molecule has 0 atom stereocenters. The summed E-state index contributed by atoms with van der Waals surface area (Å²) in [5, 5.41) is 2.52. The van der Waals surface area contributed by atoms with Crippen LogP contribution in [0.3, 0.4) is 0 Å². The first kappa shape index (κ1) is 9.23. The van der Waals surface area contributed by atoms with Crippen molar-refractivity contribution < 1.29 is 9.59 Å². The number of Topliss-reactive ketones (excluding diaryl/α,β-unsaturated/α-hetero) is 1. The maximum absolute atomic E-state index is 11.5. The minimum absolute atomic E-state index is 0.441. The number of amides is 1. The first-order chi connectivity index (χ1) is 7.75. The number of carbonyl (C=O) groups is 2. The molecular weight excluding hydrogens is 224 g/mol. The van der Waals surface area contributed by atoms with Crippen LogP contribution in [0.1, 0.15) is 10.4 Å². The molecule has 5 heteroatoms. The molecule has 1 aromatic heterocycles. The molecule has 2 aromatic rings. The lowest BCUT2D eigenvalue weighted by Gasteiger charge is -1.99. The van der Waals surface area contributed by atoms with Gasteiger partial charge in [0, 0.05) is 6.20 Å². The first-order valence-corrected chi connectivity index (χ1v) is 5.52. The summed E-state index contributed by atoms with van der Waals surface area (Å²) in [6.45, 7) is 0. The summed E-state index contributed by atoms with van der Waals surface area (Å²) in [5.74, 6) is -1.03. The largest absolute Gasteiger partial charge is 0.318 e. The van der Waals surface area contributed by atoms with E-state index in [1.54, 1.807) is 23.8 Å². The van der Waals surface area contributed by atoms with Crippen LogP contribution in [0.25, 0.3) is 10.4 Å². The zero-order valence-electron chi connectivity index (χ0n) is 8.06. The molecule has 0 bridgehead atoms. The number of rotatable bonds is 1. The molecule has 1 aliphatic rings. The lowest BCUT2D eigenvalue weighted by Crippen LogP contribution is -2.12. The lowest BCUT2D eigenvalue weighted by molar-refractivity contribution is -0.112. The van der Waals surface area contributed by atoms with E-state index in [1.165, 1.54) is 11.3 Å². The van der Waals surface area contributed by atoms with Gasteiger partial charge in [0.1, 0.15) is 0 Å². The van der Waals surface area contributed by atoms with Gasteiger partial charge in [-0.1, -0.05) is 6.07 Å². The summed E-state index contributed by atoms with van der Waals surface area (Å²) in [6, 6.07) is 5.33. The van der Waals surface area contributed by atoms with Crippen LogP contribution in [0, 0.1) is 0 Å². The number of carbonyl (C=O) groups excluding carboxylic acids is 2. The Labute approximate surface area is 94.9 Å². The molecule has 1 amide bonds. The van der Waals surface area contributed by atoms with E-state index in [2.05, 4.69) is 10.3 Å². The predicted molar refractivity (Wildman–Crippen MR) is 60.5 cm³/mol. The highest BCUT2D eigenvalue weighted by Crippen LogP contribution is 2.30. The Balaban J connectivity index is 2.14. The molecule has 0 saturated heterocycles. The predicted octanol–water partition coefficient (Wildman–Crippen LogP) is 1.94. The Morgan fingerprint density at radius 2 is 2.12 bits per heavy atom. The molecule has 3 rings (SSSR count). The van der Waals surface area contributed by atoms with Gasteiger partial charge < -0.3 is 5.32 Å². The summed E-state index contributed by atoms with van der Waals surface area (Å²) in [5.41, 5.74) is 3.67. The molecule has 4 nitrogen and oxygen atoms in total. The van der Waals surface area contributed by atoms with E-state index in [-0.39, 0.29) is 0 Å². The van der Waals surface area contributed by atoms with Crippen LogP contribution in [-0.4, -0.2) is 16.7 Å². The zero-order valence-corrected chi connectivity index (χ0v) is 8.88. The molecule has 0 spiro atoms. The maximum Gasteiger partial charge on any atom is 0.296 e. The van der Waals surface area contributed by atoms with Crippen molar-refractivity contribution in [3.63, 3.8) is 0 Å². The van der Waals surface area contributed by atoms with E-state index in [0.29, 0.717) is 11.3 Å². The van der Waals surface area contributed by atoms with Gasteiger partial charge in [-0.3, -0.25) is 14.6 Å². The van der Waals surface area contributed by atoms with Crippen LogP contribution in [0.2, 0.25) is 0 Å². The number of nitrogens with one attached hydrogen (secondary N) is 1. The highest BCUT2D eigenvalue weighted by atomic mass is 32.1. The van der Waals surface area contributed by atoms with Gasteiger partial charge in [-0.15, -0.1) is 11.3 Å². The van der Waals surface area contributed by atoms with E-state index in [0.717, 1.165) is 10.4 Å². The van der Waals surface area contributed by atoms with Crippen LogP contribution < -0.4 is 5.32 Å². The molecule has 0 saturated carbocycles. The van der Waals surface area contributed by atoms with Crippen molar-refractivity contribution in [1.29, 1.82) is 0 Å². The van der Waals surface area contributed by atoms with Crippen LogP contribution >= 0.6 is 11.3 Å². The standard InChI is InChI=1S/C11H6N2O2S/c14-10-7-3-6(9-4-12-5-16-9)1-2-8(7)13-11(10)15/h1-5H,(H,13,14,15). The zero-order chi connectivity index (χ0) is 11.1. The quantitative estimate of drug-likeness (QED) is 0.762. The van der Waals surface area contributed by atoms with Gasteiger partial charge in [-0.25, -0.2) is 0 Å². The highest BCUT2D eigenvalue weighted by Gasteiger charge is 2.27. The summed E-state index contributed by atoms with van der Waals surface area (Å²) in [6.07, 6.45) is 1.74.